The molecule has 5 heteroatoms. The van der Waals surface area contributed by atoms with Gasteiger partial charge in [0.25, 0.3) is 0 Å². The van der Waals surface area contributed by atoms with Gasteiger partial charge in [0.05, 0.1) is 6.54 Å². The number of para-hydroxylation sites is 1. The van der Waals surface area contributed by atoms with Gasteiger partial charge >= 0.3 is 0 Å². The molecule has 0 bridgehead atoms. The van der Waals surface area contributed by atoms with E-state index in [9.17, 15) is 9.60 Å². The molecule has 1 atom stereocenters. The second-order valence-electron chi connectivity index (χ2n) is 3.44. The maximum Gasteiger partial charge on any atom is 0.189 e. The molecule has 0 aromatic heterocycles. The molecular weight excluding hydrogens is 185 g/mol. The Morgan fingerprint density at radius 1 is 1.50 bits per heavy atom. The number of hydrogen-bond donors (Lipinski definition) is 1. The Morgan fingerprint density at radius 3 is 2.79 bits per heavy atom. The van der Waals surface area contributed by atoms with Gasteiger partial charge in [-0.2, -0.15) is 5.01 Å². The normalized spacial score (nSPS) is 28.2. The number of hydrogen-bond acceptors (Lipinski definition) is 3. The summed E-state index contributed by atoms with van der Waals surface area (Å²) in [6.07, 6.45) is 0. The van der Waals surface area contributed by atoms with Crippen LogP contribution in [0.15, 0.2) is 24.3 Å². The molecule has 1 saturated heterocycles. The van der Waals surface area contributed by atoms with E-state index in [0.29, 0.717) is 13.1 Å². The maximum absolute atomic E-state index is 13.3. The number of hydrazine groups is 1. The summed E-state index contributed by atoms with van der Waals surface area (Å²) in [4.78, 5) is 0. The second-order valence-corrected chi connectivity index (χ2v) is 3.44. The standard InChI is InChI=1S/C9H12FN3O/c1-12-6-7-13(14,11-12)9-5-3-2-4-8(9)10/h2-5,11H,6-7H2,1H3. The average Bonchev–Trinajstić information content (AvgIpc) is 2.48. The van der Waals surface area contributed by atoms with Gasteiger partial charge in [0, 0.05) is 13.1 Å². The van der Waals surface area contributed by atoms with Crippen molar-refractivity contribution in [3.05, 3.63) is 35.3 Å². The van der Waals surface area contributed by atoms with Gasteiger partial charge in [-0.25, -0.2) is 9.15 Å². The number of benzene rings is 1. The molecule has 1 N–H and O–H groups in total. The first-order chi connectivity index (χ1) is 6.62. The van der Waals surface area contributed by atoms with E-state index in [2.05, 4.69) is 5.53 Å². The highest BCUT2D eigenvalue weighted by atomic mass is 19.1. The first-order valence-electron chi connectivity index (χ1n) is 4.45. The monoisotopic (exact) mass is 197 g/mol. The molecule has 0 radical (unpaired) electrons. The minimum atomic E-state index is -0.816. The number of nitrogens with one attached hydrogen (secondary N) is 1. The van der Waals surface area contributed by atoms with E-state index >= 15 is 0 Å². The first-order valence-corrected chi connectivity index (χ1v) is 4.45. The van der Waals surface area contributed by atoms with Crippen LogP contribution in [0, 0.1) is 11.0 Å². The van der Waals surface area contributed by atoms with E-state index in [4.69, 9.17) is 0 Å². The molecule has 0 spiro atoms. The molecule has 1 aromatic rings. The molecule has 0 amide bonds. The van der Waals surface area contributed by atoms with Crippen LogP contribution in [0.25, 0.3) is 0 Å². The predicted molar refractivity (Wildman–Crippen MR) is 52.2 cm³/mol. The smallest absolute Gasteiger partial charge is 0.189 e. The predicted octanol–water partition coefficient (Wildman–Crippen LogP) is 0.996. The van der Waals surface area contributed by atoms with E-state index in [-0.39, 0.29) is 5.69 Å². The number of quaternary nitrogens is 1. The number of rotatable bonds is 1. The summed E-state index contributed by atoms with van der Waals surface area (Å²) in [6.45, 7) is 0.926. The lowest BCUT2D eigenvalue weighted by molar-refractivity contribution is 0.191. The lowest BCUT2D eigenvalue weighted by atomic mass is 10.3. The van der Waals surface area contributed by atoms with Gasteiger partial charge in [0.2, 0.25) is 0 Å². The first kappa shape index (κ1) is 9.54. The fourth-order valence-electron chi connectivity index (χ4n) is 1.59. The summed E-state index contributed by atoms with van der Waals surface area (Å²) < 4.78 is 12.5. The molecule has 76 valence electrons. The van der Waals surface area contributed by atoms with Crippen LogP contribution in [0.3, 0.4) is 0 Å². The van der Waals surface area contributed by atoms with E-state index in [1.54, 1.807) is 24.2 Å². The Kier molecular flexibility index (Phi) is 2.24. The summed E-state index contributed by atoms with van der Waals surface area (Å²) in [7, 11) is 1.76. The van der Waals surface area contributed by atoms with Crippen LogP contribution in [0.4, 0.5) is 10.1 Å². The maximum atomic E-state index is 13.3. The summed E-state index contributed by atoms with van der Waals surface area (Å²) in [6, 6.07) is 6.04. The van der Waals surface area contributed by atoms with Gasteiger partial charge in [0.15, 0.2) is 11.5 Å². The molecule has 14 heavy (non-hydrogen) atoms. The van der Waals surface area contributed by atoms with Crippen molar-refractivity contribution in [1.82, 2.24) is 15.3 Å². The fraction of sp³-hybridized carbons (Fsp3) is 0.333. The fourth-order valence-corrected chi connectivity index (χ4v) is 1.59. The van der Waals surface area contributed by atoms with Gasteiger partial charge in [0.1, 0.15) is 6.54 Å². The third-order valence-electron chi connectivity index (χ3n) is 2.32. The molecule has 1 aromatic carbocycles. The second kappa shape index (κ2) is 3.29. The van der Waals surface area contributed by atoms with Gasteiger partial charge < -0.3 is 5.21 Å². The Labute approximate surface area is 81.7 Å². The van der Waals surface area contributed by atoms with Crippen molar-refractivity contribution in [3.8, 4) is 0 Å². The van der Waals surface area contributed by atoms with Crippen LogP contribution in [0.5, 0.6) is 0 Å². The lowest BCUT2D eigenvalue weighted by Crippen LogP contribution is -2.52. The third kappa shape index (κ3) is 1.51. The van der Waals surface area contributed by atoms with Crippen molar-refractivity contribution in [2.75, 3.05) is 20.1 Å². The van der Waals surface area contributed by atoms with Gasteiger partial charge in [-0.15, -0.1) is 0 Å². The van der Waals surface area contributed by atoms with Crippen molar-refractivity contribution in [1.29, 1.82) is 0 Å². The number of hydroxylamine groups is 1. The molecule has 1 fully saturated rings. The summed E-state index contributed by atoms with van der Waals surface area (Å²) in [5.41, 5.74) is 2.80. The lowest BCUT2D eigenvalue weighted by Gasteiger charge is -2.35. The van der Waals surface area contributed by atoms with Crippen LogP contribution in [-0.2, 0) is 0 Å². The molecule has 0 saturated carbocycles. The highest BCUT2D eigenvalue weighted by molar-refractivity contribution is 5.44. The zero-order valence-corrected chi connectivity index (χ0v) is 7.90. The van der Waals surface area contributed by atoms with E-state index in [1.165, 1.54) is 12.1 Å². The molecule has 2 rings (SSSR count). The average molecular weight is 197 g/mol. The minimum Gasteiger partial charge on any atom is -0.605 e. The number of likely N-dealkylation sites (N-methyl/N-ethyl adjacent to an activating group) is 1. The zero-order valence-electron chi connectivity index (χ0n) is 7.90. The van der Waals surface area contributed by atoms with Crippen molar-refractivity contribution in [2.24, 2.45) is 0 Å². The summed E-state index contributed by atoms with van der Waals surface area (Å²) in [5, 5.41) is 13.7. The largest absolute Gasteiger partial charge is 0.605 e. The molecule has 1 aliphatic rings. The number of halogens is 1. The Morgan fingerprint density at radius 2 is 2.21 bits per heavy atom. The zero-order chi connectivity index (χ0) is 10.2. The van der Waals surface area contributed by atoms with Gasteiger partial charge in [-0.1, -0.05) is 17.7 Å². The topological polar surface area (TPSA) is 38.3 Å². The van der Waals surface area contributed by atoms with E-state index in [1.807, 2.05) is 0 Å². The summed E-state index contributed by atoms with van der Waals surface area (Å²) >= 11 is 0. The number of nitrogens with zero attached hydrogens (tertiary/aromatic N) is 2. The van der Waals surface area contributed by atoms with Crippen molar-refractivity contribution in [2.45, 2.75) is 0 Å². The van der Waals surface area contributed by atoms with Crippen molar-refractivity contribution < 1.29 is 4.39 Å². The van der Waals surface area contributed by atoms with Crippen molar-refractivity contribution in [3.63, 3.8) is 0 Å². The van der Waals surface area contributed by atoms with Crippen LogP contribution in [0.2, 0.25) is 0 Å². The van der Waals surface area contributed by atoms with Gasteiger partial charge in [-0.05, 0) is 6.07 Å². The molecule has 4 nitrogen and oxygen atoms in total. The van der Waals surface area contributed by atoms with Gasteiger partial charge in [-0.3, -0.25) is 0 Å². The summed E-state index contributed by atoms with van der Waals surface area (Å²) in [5.74, 6) is -0.467. The highest BCUT2D eigenvalue weighted by Crippen LogP contribution is 2.25. The molecular formula is C9H12FN3O. The van der Waals surface area contributed by atoms with Crippen LogP contribution in [0.1, 0.15) is 0 Å². The SMILES string of the molecule is CN1CC[N+]([O-])(c2ccccc2F)N1. The minimum absolute atomic E-state index is 0.136. The Hall–Kier alpha value is -1.01. The third-order valence-corrected chi connectivity index (χ3v) is 2.32. The molecule has 1 aliphatic heterocycles. The van der Waals surface area contributed by atoms with Crippen LogP contribution < -0.4 is 10.3 Å². The van der Waals surface area contributed by atoms with E-state index < -0.39 is 10.6 Å². The Bertz CT molecular complexity index is 347. The quantitative estimate of drug-likeness (QED) is 0.539. The van der Waals surface area contributed by atoms with Crippen LogP contribution in [-0.4, -0.2) is 25.1 Å². The van der Waals surface area contributed by atoms with Crippen LogP contribution >= 0.6 is 0 Å². The molecule has 1 unspecified atom stereocenters. The molecule has 0 aliphatic carbocycles. The van der Waals surface area contributed by atoms with E-state index in [0.717, 1.165) is 0 Å². The Balaban J connectivity index is 2.35. The molecule has 1 heterocycles. The van der Waals surface area contributed by atoms with Crippen molar-refractivity contribution >= 4 is 5.69 Å². The highest BCUT2D eigenvalue weighted by Gasteiger charge is 2.31.